The number of benzene rings is 2. The van der Waals surface area contributed by atoms with E-state index in [1.54, 1.807) is 16.7 Å². The van der Waals surface area contributed by atoms with Gasteiger partial charge >= 0.3 is 12.1 Å². The fraction of sp³-hybridized carbons (Fsp3) is 0.423. The number of aliphatic carboxylic acids is 1. The third kappa shape index (κ3) is 4.92. The number of carboxylic acid groups (broad SMARTS) is 1. The Labute approximate surface area is 203 Å². The first-order valence-electron chi connectivity index (χ1n) is 11.5. The maximum atomic E-state index is 13.1. The van der Waals surface area contributed by atoms with Crippen molar-refractivity contribution in [2.75, 3.05) is 31.7 Å². The van der Waals surface area contributed by atoms with Crippen LogP contribution in [-0.2, 0) is 14.3 Å². The summed E-state index contributed by atoms with van der Waals surface area (Å²) in [6, 6.07) is 15.5. The standard InChI is InChI=1S/C26H30N2O5S/c1-16-13-28(14-21(16)25(30)31)24(29)23(11-12-34-2)27-26(32)33-15-22-19-9-5-3-7-17(19)18-8-4-6-10-20(18)22/h3-10,16,21-23H,11-15H2,1-2H3,(H,27,32)(H,30,31)/t16?,21?,23-/m0/s1. The van der Waals surface area contributed by atoms with Crippen LogP contribution < -0.4 is 5.32 Å². The molecule has 0 bridgehead atoms. The number of amides is 2. The number of rotatable bonds is 8. The van der Waals surface area contributed by atoms with Gasteiger partial charge in [-0.05, 0) is 46.6 Å². The van der Waals surface area contributed by atoms with E-state index in [4.69, 9.17) is 4.74 Å². The highest BCUT2D eigenvalue weighted by molar-refractivity contribution is 7.98. The summed E-state index contributed by atoms with van der Waals surface area (Å²) in [7, 11) is 0. The quantitative estimate of drug-likeness (QED) is 0.594. The number of likely N-dealkylation sites (tertiary alicyclic amines) is 1. The minimum absolute atomic E-state index is 0.0609. The Morgan fingerprint density at radius 3 is 2.26 bits per heavy atom. The van der Waals surface area contributed by atoms with Gasteiger partial charge in [0.05, 0.1) is 5.92 Å². The number of alkyl carbamates (subject to hydrolysis) is 1. The molecule has 0 spiro atoms. The Bertz CT molecular complexity index is 1030. The zero-order valence-corrected chi connectivity index (χ0v) is 20.2. The molecule has 8 heteroatoms. The van der Waals surface area contributed by atoms with E-state index < -0.39 is 24.0 Å². The molecule has 0 saturated carbocycles. The summed E-state index contributed by atoms with van der Waals surface area (Å²) in [6.07, 6.45) is 1.75. The van der Waals surface area contributed by atoms with Crippen LogP contribution in [0.3, 0.4) is 0 Å². The van der Waals surface area contributed by atoms with Crippen LogP contribution in [-0.4, -0.2) is 65.7 Å². The molecule has 1 heterocycles. The second-order valence-electron chi connectivity index (χ2n) is 8.97. The lowest BCUT2D eigenvalue weighted by Crippen LogP contribution is -2.48. The molecule has 7 nitrogen and oxygen atoms in total. The van der Waals surface area contributed by atoms with Gasteiger partial charge in [-0.25, -0.2) is 4.79 Å². The lowest BCUT2D eigenvalue weighted by molar-refractivity contribution is -0.142. The smallest absolute Gasteiger partial charge is 0.407 e. The summed E-state index contributed by atoms with van der Waals surface area (Å²) >= 11 is 1.58. The fourth-order valence-corrected chi connectivity index (χ4v) is 5.44. The maximum absolute atomic E-state index is 13.1. The summed E-state index contributed by atoms with van der Waals surface area (Å²) in [4.78, 5) is 38.9. The van der Waals surface area contributed by atoms with E-state index in [-0.39, 0.29) is 30.9 Å². The van der Waals surface area contributed by atoms with Crippen molar-refractivity contribution in [3.63, 3.8) is 0 Å². The molecule has 1 fully saturated rings. The molecule has 2 N–H and O–H groups in total. The summed E-state index contributed by atoms with van der Waals surface area (Å²) in [5.74, 6) is -1.23. The Morgan fingerprint density at radius 1 is 1.09 bits per heavy atom. The van der Waals surface area contributed by atoms with Crippen molar-refractivity contribution in [1.29, 1.82) is 0 Å². The maximum Gasteiger partial charge on any atom is 0.407 e. The number of carbonyl (C=O) groups excluding carboxylic acids is 2. The van der Waals surface area contributed by atoms with Crippen LogP contribution in [0.5, 0.6) is 0 Å². The predicted molar refractivity (Wildman–Crippen MR) is 132 cm³/mol. The van der Waals surface area contributed by atoms with Crippen LogP contribution in [0.2, 0.25) is 0 Å². The molecule has 3 atom stereocenters. The van der Waals surface area contributed by atoms with Gasteiger partial charge in [0.25, 0.3) is 0 Å². The van der Waals surface area contributed by atoms with Gasteiger partial charge in [-0.1, -0.05) is 55.5 Å². The van der Waals surface area contributed by atoms with Crippen molar-refractivity contribution < 1.29 is 24.2 Å². The number of fused-ring (bicyclic) bond motifs is 3. The Morgan fingerprint density at radius 2 is 1.71 bits per heavy atom. The third-order valence-corrected chi connectivity index (χ3v) is 7.43. The molecular formula is C26H30N2O5S. The van der Waals surface area contributed by atoms with Gasteiger partial charge in [0.2, 0.25) is 5.91 Å². The largest absolute Gasteiger partial charge is 0.481 e. The van der Waals surface area contributed by atoms with Gasteiger partial charge in [-0.3, -0.25) is 9.59 Å². The summed E-state index contributed by atoms with van der Waals surface area (Å²) < 4.78 is 5.62. The first-order chi connectivity index (χ1) is 16.4. The lowest BCUT2D eigenvalue weighted by Gasteiger charge is -2.24. The first kappa shape index (κ1) is 24.1. The second-order valence-corrected chi connectivity index (χ2v) is 9.95. The van der Waals surface area contributed by atoms with Crippen LogP contribution in [0.1, 0.15) is 30.4 Å². The molecule has 2 aliphatic rings. The van der Waals surface area contributed by atoms with Gasteiger partial charge in [0.15, 0.2) is 0 Å². The number of nitrogens with zero attached hydrogens (tertiary/aromatic N) is 1. The molecule has 2 amide bonds. The summed E-state index contributed by atoms with van der Waals surface area (Å²) in [5.41, 5.74) is 4.54. The lowest BCUT2D eigenvalue weighted by atomic mass is 9.98. The van der Waals surface area contributed by atoms with Gasteiger partial charge in [0.1, 0.15) is 12.6 Å². The van der Waals surface area contributed by atoms with E-state index in [2.05, 4.69) is 29.6 Å². The van der Waals surface area contributed by atoms with Gasteiger partial charge in [-0.15, -0.1) is 0 Å². The van der Waals surface area contributed by atoms with Crippen molar-refractivity contribution in [3.8, 4) is 11.1 Å². The highest BCUT2D eigenvalue weighted by Crippen LogP contribution is 2.44. The summed E-state index contributed by atoms with van der Waals surface area (Å²) in [6.45, 7) is 2.54. The Hall–Kier alpha value is -3.00. The predicted octanol–water partition coefficient (Wildman–Crippen LogP) is 3.83. The van der Waals surface area contributed by atoms with Crippen LogP contribution in [0.25, 0.3) is 11.1 Å². The minimum atomic E-state index is -0.895. The summed E-state index contributed by atoms with van der Waals surface area (Å²) in [5, 5.41) is 12.1. The molecule has 4 rings (SSSR count). The monoisotopic (exact) mass is 482 g/mol. The number of nitrogens with one attached hydrogen (secondary N) is 1. The number of carbonyl (C=O) groups is 3. The first-order valence-corrected chi connectivity index (χ1v) is 12.9. The molecule has 2 aromatic rings. The number of ether oxygens (including phenoxy) is 1. The van der Waals surface area contributed by atoms with E-state index >= 15 is 0 Å². The average molecular weight is 483 g/mol. The molecule has 1 aliphatic carbocycles. The van der Waals surface area contributed by atoms with E-state index in [1.807, 2.05) is 37.4 Å². The Kier molecular flexibility index (Phi) is 7.46. The number of hydrogen-bond acceptors (Lipinski definition) is 5. The average Bonchev–Trinajstić information content (AvgIpc) is 3.38. The third-order valence-electron chi connectivity index (χ3n) is 6.79. The molecule has 1 saturated heterocycles. The normalized spacial score (nSPS) is 19.9. The molecule has 0 radical (unpaired) electrons. The Balaban J connectivity index is 1.41. The molecular weight excluding hydrogens is 452 g/mol. The van der Waals surface area contributed by atoms with Crippen molar-refractivity contribution in [2.24, 2.45) is 11.8 Å². The van der Waals surface area contributed by atoms with Gasteiger partial charge in [0, 0.05) is 19.0 Å². The topological polar surface area (TPSA) is 95.9 Å². The molecule has 180 valence electrons. The van der Waals surface area contributed by atoms with Crippen LogP contribution in [0.4, 0.5) is 4.79 Å². The van der Waals surface area contributed by atoms with E-state index in [1.165, 1.54) is 0 Å². The molecule has 1 aliphatic heterocycles. The number of carboxylic acids is 1. The molecule has 2 aromatic carbocycles. The minimum Gasteiger partial charge on any atom is -0.481 e. The molecule has 34 heavy (non-hydrogen) atoms. The number of thioether (sulfide) groups is 1. The van der Waals surface area contributed by atoms with Crippen molar-refractivity contribution in [3.05, 3.63) is 59.7 Å². The van der Waals surface area contributed by atoms with E-state index in [0.29, 0.717) is 18.7 Å². The second kappa shape index (κ2) is 10.5. The van der Waals surface area contributed by atoms with Crippen LogP contribution >= 0.6 is 11.8 Å². The van der Waals surface area contributed by atoms with E-state index in [0.717, 1.165) is 22.3 Å². The zero-order chi connectivity index (χ0) is 24.2. The van der Waals surface area contributed by atoms with Crippen LogP contribution in [0, 0.1) is 11.8 Å². The van der Waals surface area contributed by atoms with E-state index in [9.17, 15) is 19.5 Å². The molecule has 0 aromatic heterocycles. The van der Waals surface area contributed by atoms with Crippen molar-refractivity contribution in [1.82, 2.24) is 10.2 Å². The SMILES string of the molecule is CSCC[C@H](NC(=O)OCC1c2ccccc2-c2ccccc21)C(=O)N1CC(C)C(C(=O)O)C1. The van der Waals surface area contributed by atoms with Crippen molar-refractivity contribution >= 4 is 29.7 Å². The van der Waals surface area contributed by atoms with Gasteiger partial charge < -0.3 is 20.1 Å². The zero-order valence-electron chi connectivity index (χ0n) is 19.4. The number of hydrogen-bond donors (Lipinski definition) is 2. The van der Waals surface area contributed by atoms with Crippen LogP contribution in [0.15, 0.2) is 48.5 Å². The highest BCUT2D eigenvalue weighted by atomic mass is 32.2. The fourth-order valence-electron chi connectivity index (χ4n) is 4.96. The molecule has 2 unspecified atom stereocenters. The van der Waals surface area contributed by atoms with Crippen molar-refractivity contribution in [2.45, 2.75) is 25.3 Å². The highest BCUT2D eigenvalue weighted by Gasteiger charge is 2.39. The van der Waals surface area contributed by atoms with Gasteiger partial charge in [-0.2, -0.15) is 11.8 Å².